The molecule has 0 aliphatic carbocycles. The van der Waals surface area contributed by atoms with Crippen molar-refractivity contribution in [2.24, 2.45) is 0 Å². The van der Waals surface area contributed by atoms with E-state index in [-0.39, 0.29) is 18.4 Å². The van der Waals surface area contributed by atoms with Gasteiger partial charge in [-0.15, -0.1) is 0 Å². The van der Waals surface area contributed by atoms with Crippen LogP contribution < -0.4 is 9.47 Å². The molecular formula is C18H19N5O5S. The van der Waals surface area contributed by atoms with Gasteiger partial charge in [0.15, 0.2) is 22.3 Å². The van der Waals surface area contributed by atoms with Crippen molar-refractivity contribution in [1.29, 1.82) is 0 Å². The Hall–Kier alpha value is -2.92. The molecule has 0 radical (unpaired) electrons. The van der Waals surface area contributed by atoms with Crippen LogP contribution in [0.5, 0.6) is 11.5 Å². The predicted molar refractivity (Wildman–Crippen MR) is 99.8 cm³/mol. The Kier molecular flexibility index (Phi) is 4.47. The van der Waals surface area contributed by atoms with E-state index in [4.69, 9.17) is 14.0 Å². The van der Waals surface area contributed by atoms with Gasteiger partial charge in [-0.05, 0) is 31.0 Å². The summed E-state index contributed by atoms with van der Waals surface area (Å²) in [6, 6.07) is 5.38. The van der Waals surface area contributed by atoms with Gasteiger partial charge in [0.25, 0.3) is 15.9 Å². The maximum absolute atomic E-state index is 12.7. The third kappa shape index (κ3) is 3.47. The van der Waals surface area contributed by atoms with Crippen molar-refractivity contribution in [3.8, 4) is 23.0 Å². The second-order valence-corrected chi connectivity index (χ2v) is 8.82. The topological polar surface area (TPSA) is 113 Å². The molecule has 0 saturated carbocycles. The largest absolute Gasteiger partial charge is 0.454 e. The highest BCUT2D eigenvalue weighted by Gasteiger charge is 2.28. The molecule has 1 aromatic carbocycles. The van der Waals surface area contributed by atoms with E-state index in [0.717, 1.165) is 19.3 Å². The maximum atomic E-state index is 12.7. The quantitative estimate of drug-likeness (QED) is 0.618. The maximum Gasteiger partial charge on any atom is 0.262 e. The molecule has 2 aliphatic rings. The summed E-state index contributed by atoms with van der Waals surface area (Å²) >= 11 is 0. The number of hydrogen-bond acceptors (Lipinski definition) is 8. The molecule has 1 saturated heterocycles. The summed E-state index contributed by atoms with van der Waals surface area (Å²) in [6.07, 6.45) is 5.79. The molecule has 2 aromatic heterocycles. The zero-order valence-corrected chi connectivity index (χ0v) is 16.3. The Bertz CT molecular complexity index is 1130. The summed E-state index contributed by atoms with van der Waals surface area (Å²) in [6.45, 7) is 1.52. The molecule has 3 aromatic rings. The molecule has 152 valence electrons. The third-order valence-electron chi connectivity index (χ3n) is 4.94. The summed E-state index contributed by atoms with van der Waals surface area (Å²) in [5.41, 5.74) is 0.715. The molecule has 0 N–H and O–H groups in total. The van der Waals surface area contributed by atoms with Gasteiger partial charge in [0.2, 0.25) is 6.79 Å². The van der Waals surface area contributed by atoms with E-state index in [2.05, 4.69) is 15.1 Å². The molecular weight excluding hydrogens is 398 g/mol. The number of aromatic nitrogens is 4. The smallest absolute Gasteiger partial charge is 0.262 e. The average molecular weight is 417 g/mol. The number of nitrogens with zero attached hydrogens (tertiary/aromatic N) is 5. The molecule has 2 aliphatic heterocycles. The molecule has 11 heteroatoms. The minimum Gasteiger partial charge on any atom is -0.454 e. The molecule has 0 unspecified atom stereocenters. The van der Waals surface area contributed by atoms with E-state index in [1.165, 1.54) is 16.8 Å². The van der Waals surface area contributed by atoms with E-state index in [0.29, 0.717) is 41.9 Å². The number of fused-ring (bicyclic) bond motifs is 1. The molecule has 0 bridgehead atoms. The predicted octanol–water partition coefficient (Wildman–Crippen LogP) is 1.88. The van der Waals surface area contributed by atoms with Crippen LogP contribution in [0.1, 0.15) is 25.1 Å². The first-order valence-corrected chi connectivity index (χ1v) is 10.8. The fourth-order valence-electron chi connectivity index (χ4n) is 3.43. The molecule has 0 amide bonds. The van der Waals surface area contributed by atoms with Crippen molar-refractivity contribution in [2.75, 3.05) is 19.9 Å². The van der Waals surface area contributed by atoms with Crippen LogP contribution in [0, 0.1) is 0 Å². The minimum absolute atomic E-state index is 0.0406. The lowest BCUT2D eigenvalue weighted by molar-refractivity contribution is 0.174. The molecule has 0 atom stereocenters. The Morgan fingerprint density at radius 2 is 1.90 bits per heavy atom. The van der Waals surface area contributed by atoms with E-state index >= 15 is 0 Å². The molecule has 4 heterocycles. The SMILES string of the molecule is O=S(=O)(c1cn(Cc2noc(-c3ccc4c(c3)OCO4)n2)cn1)N1CCCCC1. The summed E-state index contributed by atoms with van der Waals surface area (Å²) in [5, 5.41) is 4.02. The van der Waals surface area contributed by atoms with Crippen LogP contribution >= 0.6 is 0 Å². The second-order valence-electron chi connectivity index (χ2n) is 6.93. The fraction of sp³-hybridized carbons (Fsp3) is 0.389. The van der Waals surface area contributed by atoms with Gasteiger partial charge < -0.3 is 18.6 Å². The summed E-state index contributed by atoms with van der Waals surface area (Å²) in [5.74, 6) is 2.07. The number of sulfonamides is 1. The number of ether oxygens (including phenoxy) is 2. The second kappa shape index (κ2) is 7.16. The number of piperidine rings is 1. The molecule has 29 heavy (non-hydrogen) atoms. The van der Waals surface area contributed by atoms with Crippen molar-refractivity contribution in [3.05, 3.63) is 36.5 Å². The highest BCUT2D eigenvalue weighted by Crippen LogP contribution is 2.35. The van der Waals surface area contributed by atoms with Gasteiger partial charge in [-0.2, -0.15) is 9.29 Å². The molecule has 5 rings (SSSR count). The molecule has 1 fully saturated rings. The highest BCUT2D eigenvalue weighted by atomic mass is 32.2. The van der Waals surface area contributed by atoms with E-state index in [9.17, 15) is 8.42 Å². The average Bonchev–Trinajstić information content (AvgIpc) is 3.49. The lowest BCUT2D eigenvalue weighted by Crippen LogP contribution is -2.35. The lowest BCUT2D eigenvalue weighted by Gasteiger charge is -2.24. The first-order valence-electron chi connectivity index (χ1n) is 9.34. The normalized spacial score (nSPS) is 17.0. The standard InChI is InChI=1S/C18H19N5O5S/c24-29(25,23-6-2-1-3-7-23)17-10-22(11-19-17)9-16-20-18(28-21-16)13-4-5-14-15(8-13)27-12-26-14/h4-5,8,10-11H,1-3,6-7,9,12H2. The van der Waals surface area contributed by atoms with Crippen molar-refractivity contribution >= 4 is 10.0 Å². The summed E-state index contributed by atoms with van der Waals surface area (Å²) in [4.78, 5) is 8.46. The lowest BCUT2D eigenvalue weighted by atomic mass is 10.2. The summed E-state index contributed by atoms with van der Waals surface area (Å²) in [7, 11) is -3.57. The van der Waals surface area contributed by atoms with Gasteiger partial charge in [0.1, 0.15) is 0 Å². The fourth-order valence-corrected chi connectivity index (χ4v) is 4.88. The van der Waals surface area contributed by atoms with Crippen molar-refractivity contribution in [2.45, 2.75) is 30.8 Å². The Morgan fingerprint density at radius 3 is 2.76 bits per heavy atom. The summed E-state index contributed by atoms with van der Waals surface area (Å²) < 4.78 is 44.5. The van der Waals surface area contributed by atoms with E-state index in [1.54, 1.807) is 16.7 Å². The van der Waals surface area contributed by atoms with Crippen LogP contribution in [0.2, 0.25) is 0 Å². The Morgan fingerprint density at radius 1 is 1.07 bits per heavy atom. The van der Waals surface area contributed by atoms with Gasteiger partial charge in [-0.1, -0.05) is 11.6 Å². The zero-order valence-electron chi connectivity index (χ0n) is 15.5. The van der Waals surface area contributed by atoms with Crippen LogP contribution in [0.4, 0.5) is 0 Å². The van der Waals surface area contributed by atoms with Gasteiger partial charge >= 0.3 is 0 Å². The Balaban J connectivity index is 1.32. The van der Waals surface area contributed by atoms with Crippen LogP contribution in [0.25, 0.3) is 11.5 Å². The van der Waals surface area contributed by atoms with Gasteiger partial charge in [0, 0.05) is 24.8 Å². The first kappa shape index (κ1) is 18.1. The van der Waals surface area contributed by atoms with Gasteiger partial charge in [-0.25, -0.2) is 13.4 Å². The molecule has 10 nitrogen and oxygen atoms in total. The number of benzene rings is 1. The van der Waals surface area contributed by atoms with Crippen LogP contribution in [0.3, 0.4) is 0 Å². The third-order valence-corrected chi connectivity index (χ3v) is 6.72. The van der Waals surface area contributed by atoms with Crippen molar-refractivity contribution in [1.82, 2.24) is 24.0 Å². The molecule has 0 spiro atoms. The van der Waals surface area contributed by atoms with Crippen LogP contribution in [-0.4, -0.2) is 52.3 Å². The van der Waals surface area contributed by atoms with Crippen LogP contribution in [-0.2, 0) is 16.6 Å². The number of rotatable bonds is 5. The monoisotopic (exact) mass is 417 g/mol. The minimum atomic E-state index is -3.57. The first-order chi connectivity index (χ1) is 14.1. The highest BCUT2D eigenvalue weighted by molar-refractivity contribution is 7.89. The Labute approximate surface area is 167 Å². The number of imidazole rings is 1. The van der Waals surface area contributed by atoms with Crippen molar-refractivity contribution < 1.29 is 22.4 Å². The van der Waals surface area contributed by atoms with Gasteiger partial charge in [0.05, 0.1) is 12.9 Å². The van der Waals surface area contributed by atoms with E-state index < -0.39 is 10.0 Å². The zero-order chi connectivity index (χ0) is 19.8. The van der Waals surface area contributed by atoms with Gasteiger partial charge in [-0.3, -0.25) is 0 Å². The van der Waals surface area contributed by atoms with Crippen LogP contribution in [0.15, 0.2) is 40.3 Å². The van der Waals surface area contributed by atoms with Crippen molar-refractivity contribution in [3.63, 3.8) is 0 Å². The van der Waals surface area contributed by atoms with E-state index in [1.807, 2.05) is 6.07 Å². The number of hydrogen-bond donors (Lipinski definition) is 0.